The van der Waals surface area contributed by atoms with Gasteiger partial charge in [-0.1, -0.05) is 26.7 Å². The number of benzene rings is 1. The molecule has 0 aliphatic carbocycles. The Labute approximate surface area is 104 Å². The van der Waals surface area contributed by atoms with Crippen molar-refractivity contribution < 1.29 is 9.47 Å². The molecule has 0 saturated heterocycles. The standard InChI is InChI=1S/C14H23NO2/c1-3-12(4-2)11-16-9-10-17-14-7-5-13(15)6-8-14/h5-8,12H,3-4,9-11,15H2,1-2H3. The zero-order chi connectivity index (χ0) is 12.5. The van der Waals surface area contributed by atoms with Crippen molar-refractivity contribution in [2.45, 2.75) is 26.7 Å². The lowest BCUT2D eigenvalue weighted by Crippen LogP contribution is -2.12. The second-order valence-electron chi connectivity index (χ2n) is 4.17. The van der Waals surface area contributed by atoms with Gasteiger partial charge in [-0.05, 0) is 30.2 Å². The number of nitrogens with two attached hydrogens (primary N) is 1. The molecule has 0 saturated carbocycles. The molecule has 1 aromatic rings. The molecule has 2 N–H and O–H groups in total. The van der Waals surface area contributed by atoms with Gasteiger partial charge >= 0.3 is 0 Å². The summed E-state index contributed by atoms with van der Waals surface area (Å²) in [7, 11) is 0. The highest BCUT2D eigenvalue weighted by molar-refractivity contribution is 5.41. The van der Waals surface area contributed by atoms with Gasteiger partial charge in [0.25, 0.3) is 0 Å². The van der Waals surface area contributed by atoms with Gasteiger partial charge in [0, 0.05) is 12.3 Å². The van der Waals surface area contributed by atoms with Crippen molar-refractivity contribution in [2.24, 2.45) is 5.92 Å². The summed E-state index contributed by atoms with van der Waals surface area (Å²) in [6.45, 7) is 6.45. The molecule has 0 aromatic heterocycles. The summed E-state index contributed by atoms with van der Waals surface area (Å²) in [6.07, 6.45) is 2.35. The fourth-order valence-corrected chi connectivity index (χ4v) is 1.56. The van der Waals surface area contributed by atoms with Crippen molar-refractivity contribution in [3.63, 3.8) is 0 Å². The number of hydrogen-bond donors (Lipinski definition) is 1. The highest BCUT2D eigenvalue weighted by atomic mass is 16.5. The lowest BCUT2D eigenvalue weighted by atomic mass is 10.1. The molecular formula is C14H23NO2. The van der Waals surface area contributed by atoms with Crippen LogP contribution in [-0.2, 0) is 4.74 Å². The summed E-state index contributed by atoms with van der Waals surface area (Å²) >= 11 is 0. The van der Waals surface area contributed by atoms with Crippen molar-refractivity contribution in [1.29, 1.82) is 0 Å². The summed E-state index contributed by atoms with van der Waals surface area (Å²) in [5, 5.41) is 0. The normalized spacial score (nSPS) is 10.8. The third-order valence-corrected chi connectivity index (χ3v) is 2.88. The van der Waals surface area contributed by atoms with Crippen molar-refractivity contribution in [3.8, 4) is 5.75 Å². The third-order valence-electron chi connectivity index (χ3n) is 2.88. The maximum Gasteiger partial charge on any atom is 0.119 e. The summed E-state index contributed by atoms with van der Waals surface area (Å²) in [5.74, 6) is 1.51. The molecule has 0 heterocycles. The first kappa shape index (κ1) is 13.8. The Kier molecular flexibility index (Phi) is 6.48. The SMILES string of the molecule is CCC(CC)COCCOc1ccc(N)cc1. The van der Waals surface area contributed by atoms with E-state index in [1.807, 2.05) is 24.3 Å². The van der Waals surface area contributed by atoms with Gasteiger partial charge < -0.3 is 15.2 Å². The molecule has 1 aromatic carbocycles. The molecule has 0 spiro atoms. The molecule has 0 atom stereocenters. The number of hydrogen-bond acceptors (Lipinski definition) is 3. The first-order chi connectivity index (χ1) is 8.26. The summed E-state index contributed by atoms with van der Waals surface area (Å²) < 4.78 is 11.1. The van der Waals surface area contributed by atoms with E-state index < -0.39 is 0 Å². The minimum Gasteiger partial charge on any atom is -0.491 e. The van der Waals surface area contributed by atoms with Crippen molar-refractivity contribution in [3.05, 3.63) is 24.3 Å². The van der Waals surface area contributed by atoms with E-state index in [4.69, 9.17) is 15.2 Å². The molecule has 96 valence electrons. The van der Waals surface area contributed by atoms with Crippen LogP contribution >= 0.6 is 0 Å². The fourth-order valence-electron chi connectivity index (χ4n) is 1.56. The first-order valence-electron chi connectivity index (χ1n) is 6.32. The second kappa shape index (κ2) is 7.96. The predicted octanol–water partition coefficient (Wildman–Crippen LogP) is 3.10. The van der Waals surface area contributed by atoms with Crippen LogP contribution in [0.25, 0.3) is 0 Å². The lowest BCUT2D eigenvalue weighted by Gasteiger charge is -2.13. The summed E-state index contributed by atoms with van der Waals surface area (Å²) in [4.78, 5) is 0. The summed E-state index contributed by atoms with van der Waals surface area (Å²) in [6, 6.07) is 7.41. The molecule has 1 rings (SSSR count). The van der Waals surface area contributed by atoms with E-state index in [2.05, 4.69) is 13.8 Å². The van der Waals surface area contributed by atoms with E-state index in [-0.39, 0.29) is 0 Å². The van der Waals surface area contributed by atoms with Crippen LogP contribution in [-0.4, -0.2) is 19.8 Å². The average Bonchev–Trinajstić information content (AvgIpc) is 2.36. The summed E-state index contributed by atoms with van der Waals surface area (Å²) in [5.41, 5.74) is 6.34. The monoisotopic (exact) mass is 237 g/mol. The van der Waals surface area contributed by atoms with Crippen molar-refractivity contribution >= 4 is 5.69 Å². The zero-order valence-electron chi connectivity index (χ0n) is 10.8. The molecule has 3 nitrogen and oxygen atoms in total. The van der Waals surface area contributed by atoms with E-state index in [0.29, 0.717) is 19.1 Å². The molecule has 0 fully saturated rings. The quantitative estimate of drug-likeness (QED) is 0.558. The molecular weight excluding hydrogens is 214 g/mol. The number of nitrogen functional groups attached to an aromatic ring is 1. The Morgan fingerprint density at radius 2 is 1.71 bits per heavy atom. The van der Waals surface area contributed by atoms with Crippen LogP contribution < -0.4 is 10.5 Å². The van der Waals surface area contributed by atoms with Gasteiger partial charge in [-0.25, -0.2) is 0 Å². The van der Waals surface area contributed by atoms with Crippen LogP contribution in [0.2, 0.25) is 0 Å². The molecule has 0 amide bonds. The van der Waals surface area contributed by atoms with Gasteiger partial charge in [-0.2, -0.15) is 0 Å². The topological polar surface area (TPSA) is 44.5 Å². The Morgan fingerprint density at radius 3 is 2.29 bits per heavy atom. The molecule has 0 aliphatic rings. The molecule has 0 aliphatic heterocycles. The average molecular weight is 237 g/mol. The molecule has 3 heteroatoms. The molecule has 0 bridgehead atoms. The Balaban J connectivity index is 2.10. The second-order valence-corrected chi connectivity index (χ2v) is 4.17. The van der Waals surface area contributed by atoms with Crippen LogP contribution in [0, 0.1) is 5.92 Å². The third kappa shape index (κ3) is 5.59. The van der Waals surface area contributed by atoms with Crippen LogP contribution in [0.4, 0.5) is 5.69 Å². The Morgan fingerprint density at radius 1 is 1.06 bits per heavy atom. The highest BCUT2D eigenvalue weighted by Crippen LogP contribution is 2.13. The zero-order valence-corrected chi connectivity index (χ0v) is 10.8. The Bertz CT molecular complexity index is 294. The van der Waals surface area contributed by atoms with Crippen LogP contribution in [0.1, 0.15) is 26.7 Å². The van der Waals surface area contributed by atoms with Crippen molar-refractivity contribution in [1.82, 2.24) is 0 Å². The molecule has 0 unspecified atom stereocenters. The maximum absolute atomic E-state index is 5.59. The van der Waals surface area contributed by atoms with Gasteiger partial charge in [0.1, 0.15) is 12.4 Å². The smallest absolute Gasteiger partial charge is 0.119 e. The first-order valence-corrected chi connectivity index (χ1v) is 6.32. The van der Waals surface area contributed by atoms with Gasteiger partial charge in [-0.15, -0.1) is 0 Å². The van der Waals surface area contributed by atoms with E-state index in [1.54, 1.807) is 0 Å². The fraction of sp³-hybridized carbons (Fsp3) is 0.571. The number of rotatable bonds is 8. The van der Waals surface area contributed by atoms with E-state index in [0.717, 1.165) is 18.0 Å². The van der Waals surface area contributed by atoms with Gasteiger partial charge in [-0.3, -0.25) is 0 Å². The Hall–Kier alpha value is -1.22. The maximum atomic E-state index is 5.59. The molecule has 0 radical (unpaired) electrons. The predicted molar refractivity (Wildman–Crippen MR) is 71.2 cm³/mol. The minimum atomic E-state index is 0.587. The van der Waals surface area contributed by atoms with Crippen LogP contribution in [0.15, 0.2) is 24.3 Å². The van der Waals surface area contributed by atoms with Gasteiger partial charge in [0.05, 0.1) is 6.61 Å². The van der Waals surface area contributed by atoms with E-state index in [1.165, 1.54) is 12.8 Å². The molecule has 17 heavy (non-hydrogen) atoms. The van der Waals surface area contributed by atoms with Gasteiger partial charge in [0.2, 0.25) is 0 Å². The number of anilines is 1. The minimum absolute atomic E-state index is 0.587. The van der Waals surface area contributed by atoms with Crippen molar-refractivity contribution in [2.75, 3.05) is 25.6 Å². The van der Waals surface area contributed by atoms with Gasteiger partial charge in [0.15, 0.2) is 0 Å². The van der Waals surface area contributed by atoms with E-state index >= 15 is 0 Å². The van der Waals surface area contributed by atoms with Crippen LogP contribution in [0.5, 0.6) is 5.75 Å². The van der Waals surface area contributed by atoms with E-state index in [9.17, 15) is 0 Å². The highest BCUT2D eigenvalue weighted by Gasteiger charge is 2.02. The largest absolute Gasteiger partial charge is 0.491 e. The van der Waals surface area contributed by atoms with Crippen LogP contribution in [0.3, 0.4) is 0 Å². The number of ether oxygens (including phenoxy) is 2. The lowest BCUT2D eigenvalue weighted by molar-refractivity contribution is 0.0718.